The van der Waals surface area contributed by atoms with Crippen LogP contribution in [0.15, 0.2) is 30.3 Å². The lowest BCUT2D eigenvalue weighted by Crippen LogP contribution is -2.48. The quantitative estimate of drug-likeness (QED) is 0.815. The molecule has 0 aliphatic carbocycles. The lowest BCUT2D eigenvalue weighted by atomic mass is 10.0. The molecule has 1 aliphatic rings. The largest absolute Gasteiger partial charge is 0.480 e. The van der Waals surface area contributed by atoms with Gasteiger partial charge >= 0.3 is 5.97 Å². The minimum Gasteiger partial charge on any atom is -0.480 e. The number of amides is 1. The SMILES string of the molecule is O=C(O)[C@H]1CCCCN1C(=O)CCOCc1ccccc1. The second-order valence-electron chi connectivity index (χ2n) is 5.23. The summed E-state index contributed by atoms with van der Waals surface area (Å²) in [4.78, 5) is 24.7. The lowest BCUT2D eigenvalue weighted by Gasteiger charge is -2.33. The van der Waals surface area contributed by atoms with Gasteiger partial charge in [0.05, 0.1) is 19.6 Å². The first kappa shape index (κ1) is 15.5. The van der Waals surface area contributed by atoms with Crippen LogP contribution in [-0.2, 0) is 20.9 Å². The van der Waals surface area contributed by atoms with Crippen LogP contribution < -0.4 is 0 Å². The average Bonchev–Trinajstić information content (AvgIpc) is 2.52. The van der Waals surface area contributed by atoms with Gasteiger partial charge in [-0.2, -0.15) is 0 Å². The van der Waals surface area contributed by atoms with Gasteiger partial charge in [-0.05, 0) is 24.8 Å². The fourth-order valence-corrected chi connectivity index (χ4v) is 2.55. The highest BCUT2D eigenvalue weighted by Gasteiger charge is 2.31. The minimum absolute atomic E-state index is 0.129. The molecule has 1 heterocycles. The van der Waals surface area contributed by atoms with E-state index in [9.17, 15) is 9.59 Å². The van der Waals surface area contributed by atoms with E-state index in [0.717, 1.165) is 18.4 Å². The number of hydrogen-bond acceptors (Lipinski definition) is 3. The molecule has 1 aliphatic heterocycles. The summed E-state index contributed by atoms with van der Waals surface area (Å²) in [6.07, 6.45) is 2.52. The normalized spacial score (nSPS) is 18.5. The number of likely N-dealkylation sites (tertiary alicyclic amines) is 1. The van der Waals surface area contributed by atoms with E-state index in [0.29, 0.717) is 26.2 Å². The molecule has 1 saturated heterocycles. The lowest BCUT2D eigenvalue weighted by molar-refractivity contribution is -0.152. The van der Waals surface area contributed by atoms with Crippen molar-refractivity contribution in [2.45, 2.75) is 38.3 Å². The first-order valence-corrected chi connectivity index (χ1v) is 7.32. The van der Waals surface area contributed by atoms with Crippen LogP contribution in [0.1, 0.15) is 31.2 Å². The van der Waals surface area contributed by atoms with E-state index in [1.807, 2.05) is 30.3 Å². The molecule has 1 atom stereocenters. The van der Waals surface area contributed by atoms with Crippen LogP contribution in [0.25, 0.3) is 0 Å². The number of carboxylic acids is 1. The van der Waals surface area contributed by atoms with Gasteiger partial charge < -0.3 is 14.7 Å². The summed E-state index contributed by atoms with van der Waals surface area (Å²) < 4.78 is 5.48. The van der Waals surface area contributed by atoms with Gasteiger partial charge in [0.1, 0.15) is 6.04 Å². The summed E-state index contributed by atoms with van der Waals surface area (Å²) >= 11 is 0. The Bertz CT molecular complexity index is 474. The van der Waals surface area contributed by atoms with Crippen molar-refractivity contribution < 1.29 is 19.4 Å². The zero-order chi connectivity index (χ0) is 15.1. The smallest absolute Gasteiger partial charge is 0.326 e. The molecule has 5 heteroatoms. The average molecular weight is 291 g/mol. The molecule has 1 aromatic carbocycles. The molecule has 114 valence electrons. The molecule has 1 aromatic rings. The highest BCUT2D eigenvalue weighted by atomic mass is 16.5. The number of nitrogens with zero attached hydrogens (tertiary/aromatic N) is 1. The predicted octanol–water partition coefficient (Wildman–Crippen LogP) is 2.06. The van der Waals surface area contributed by atoms with Gasteiger partial charge in [-0.15, -0.1) is 0 Å². The Morgan fingerprint density at radius 2 is 2.00 bits per heavy atom. The Balaban J connectivity index is 1.74. The predicted molar refractivity (Wildman–Crippen MR) is 77.7 cm³/mol. The summed E-state index contributed by atoms with van der Waals surface area (Å²) in [5.41, 5.74) is 1.06. The van der Waals surface area contributed by atoms with E-state index in [4.69, 9.17) is 9.84 Å². The van der Waals surface area contributed by atoms with Crippen LogP contribution in [0.4, 0.5) is 0 Å². The van der Waals surface area contributed by atoms with Gasteiger partial charge in [-0.25, -0.2) is 4.79 Å². The van der Waals surface area contributed by atoms with Crippen LogP contribution >= 0.6 is 0 Å². The third kappa shape index (κ3) is 4.56. The zero-order valence-corrected chi connectivity index (χ0v) is 12.0. The highest BCUT2D eigenvalue weighted by molar-refractivity contribution is 5.83. The number of carboxylic acid groups (broad SMARTS) is 1. The fourth-order valence-electron chi connectivity index (χ4n) is 2.55. The molecular formula is C16H21NO4. The minimum atomic E-state index is -0.909. The number of aliphatic carboxylic acids is 1. The summed E-state index contributed by atoms with van der Waals surface area (Å²) in [5, 5.41) is 9.15. The van der Waals surface area contributed by atoms with E-state index in [1.165, 1.54) is 4.90 Å². The van der Waals surface area contributed by atoms with E-state index in [-0.39, 0.29) is 12.3 Å². The van der Waals surface area contributed by atoms with Gasteiger partial charge in [0.15, 0.2) is 0 Å². The van der Waals surface area contributed by atoms with Crippen molar-refractivity contribution in [3.8, 4) is 0 Å². The molecule has 0 aromatic heterocycles. The van der Waals surface area contributed by atoms with Crippen molar-refractivity contribution in [2.75, 3.05) is 13.2 Å². The maximum Gasteiger partial charge on any atom is 0.326 e. The molecule has 0 spiro atoms. The summed E-state index contributed by atoms with van der Waals surface area (Å²) in [5.74, 6) is -1.04. The van der Waals surface area contributed by atoms with E-state index in [1.54, 1.807) is 0 Å². The number of carbonyl (C=O) groups excluding carboxylic acids is 1. The van der Waals surface area contributed by atoms with Crippen LogP contribution in [0.3, 0.4) is 0 Å². The molecule has 2 rings (SSSR count). The third-order valence-electron chi connectivity index (χ3n) is 3.68. The number of carbonyl (C=O) groups is 2. The first-order chi connectivity index (χ1) is 10.2. The van der Waals surface area contributed by atoms with Crippen LogP contribution in [0.2, 0.25) is 0 Å². The number of ether oxygens (including phenoxy) is 1. The Morgan fingerprint density at radius 1 is 1.24 bits per heavy atom. The Labute approximate surface area is 124 Å². The maximum atomic E-state index is 12.1. The molecule has 1 fully saturated rings. The van der Waals surface area contributed by atoms with Crippen LogP contribution in [0, 0.1) is 0 Å². The first-order valence-electron chi connectivity index (χ1n) is 7.32. The zero-order valence-electron chi connectivity index (χ0n) is 12.0. The highest BCUT2D eigenvalue weighted by Crippen LogP contribution is 2.18. The van der Waals surface area contributed by atoms with Crippen molar-refractivity contribution in [3.63, 3.8) is 0 Å². The van der Waals surface area contributed by atoms with Crippen molar-refractivity contribution >= 4 is 11.9 Å². The van der Waals surface area contributed by atoms with Gasteiger partial charge in [-0.1, -0.05) is 30.3 Å². The van der Waals surface area contributed by atoms with E-state index in [2.05, 4.69) is 0 Å². The molecule has 1 amide bonds. The number of hydrogen-bond donors (Lipinski definition) is 1. The van der Waals surface area contributed by atoms with Crippen LogP contribution in [0.5, 0.6) is 0 Å². The van der Waals surface area contributed by atoms with Gasteiger partial charge in [-0.3, -0.25) is 4.79 Å². The fraction of sp³-hybridized carbons (Fsp3) is 0.500. The number of piperidine rings is 1. The monoisotopic (exact) mass is 291 g/mol. The molecule has 5 nitrogen and oxygen atoms in total. The number of benzene rings is 1. The van der Waals surface area contributed by atoms with Gasteiger partial charge in [0.2, 0.25) is 5.91 Å². The second kappa shape index (κ2) is 7.78. The van der Waals surface area contributed by atoms with E-state index >= 15 is 0 Å². The molecule has 1 N–H and O–H groups in total. The third-order valence-corrected chi connectivity index (χ3v) is 3.68. The molecule has 0 unspecified atom stereocenters. The Kier molecular flexibility index (Phi) is 5.75. The standard InChI is InChI=1S/C16H21NO4/c18-15(17-10-5-4-8-14(17)16(19)20)9-11-21-12-13-6-2-1-3-7-13/h1-3,6-7,14H,4-5,8-12H2,(H,19,20)/t14-/m1/s1. The van der Waals surface area contributed by atoms with Gasteiger partial charge in [0.25, 0.3) is 0 Å². The van der Waals surface area contributed by atoms with Crippen LogP contribution in [-0.4, -0.2) is 41.1 Å². The number of rotatable bonds is 6. The van der Waals surface area contributed by atoms with Crippen molar-refractivity contribution in [3.05, 3.63) is 35.9 Å². The summed E-state index contributed by atoms with van der Waals surface area (Å²) in [6, 6.07) is 9.08. The topological polar surface area (TPSA) is 66.8 Å². The molecule has 0 radical (unpaired) electrons. The summed E-state index contributed by atoms with van der Waals surface area (Å²) in [7, 11) is 0. The molecule has 0 saturated carbocycles. The van der Waals surface area contributed by atoms with Crippen molar-refractivity contribution in [1.82, 2.24) is 4.90 Å². The molecule has 21 heavy (non-hydrogen) atoms. The maximum absolute atomic E-state index is 12.1. The molecule has 0 bridgehead atoms. The Hall–Kier alpha value is -1.88. The van der Waals surface area contributed by atoms with E-state index < -0.39 is 12.0 Å². The van der Waals surface area contributed by atoms with Crippen molar-refractivity contribution in [1.29, 1.82) is 0 Å². The van der Waals surface area contributed by atoms with Gasteiger partial charge in [0, 0.05) is 6.54 Å². The second-order valence-corrected chi connectivity index (χ2v) is 5.23. The summed E-state index contributed by atoms with van der Waals surface area (Å²) in [6.45, 7) is 1.32. The Morgan fingerprint density at radius 3 is 2.71 bits per heavy atom. The van der Waals surface area contributed by atoms with Crippen molar-refractivity contribution in [2.24, 2.45) is 0 Å². The molecular weight excluding hydrogens is 270 g/mol.